The lowest BCUT2D eigenvalue weighted by molar-refractivity contribution is 0.102. The zero-order valence-corrected chi connectivity index (χ0v) is 13.6. The number of carbonyl (C=O) groups excluding carboxylic acids is 1. The van der Waals surface area contributed by atoms with E-state index in [1.165, 1.54) is 11.3 Å². The summed E-state index contributed by atoms with van der Waals surface area (Å²) in [7, 11) is 0. The molecule has 106 valence electrons. The van der Waals surface area contributed by atoms with E-state index < -0.39 is 0 Å². The quantitative estimate of drug-likeness (QED) is 0.672. The molecule has 1 heterocycles. The topological polar surface area (TPSA) is 68.0 Å². The van der Waals surface area contributed by atoms with Crippen LogP contribution < -0.4 is 11.1 Å². The number of thiazole rings is 1. The summed E-state index contributed by atoms with van der Waals surface area (Å²) in [5.41, 5.74) is 8.80. The molecule has 0 aliphatic heterocycles. The molecule has 0 fully saturated rings. The fourth-order valence-electron chi connectivity index (χ4n) is 2.01. The standard InChI is InChI=1S/C15H12BrN3OS/c1-8-10(3-2-4-11(8)16)14(20)19-15-18-12-6-5-9(17)7-13(12)21-15/h2-7H,17H2,1H3,(H,18,19,20). The first kappa shape index (κ1) is 14.0. The van der Waals surface area contributed by atoms with E-state index in [9.17, 15) is 4.79 Å². The summed E-state index contributed by atoms with van der Waals surface area (Å²) in [6.07, 6.45) is 0. The van der Waals surface area contributed by atoms with Crippen molar-refractivity contribution in [3.05, 3.63) is 52.0 Å². The number of nitrogens with two attached hydrogens (primary N) is 1. The van der Waals surface area contributed by atoms with E-state index in [0.717, 1.165) is 20.3 Å². The van der Waals surface area contributed by atoms with Crippen molar-refractivity contribution in [1.29, 1.82) is 0 Å². The highest BCUT2D eigenvalue weighted by molar-refractivity contribution is 9.10. The lowest BCUT2D eigenvalue weighted by Crippen LogP contribution is -2.13. The van der Waals surface area contributed by atoms with Gasteiger partial charge in [0.2, 0.25) is 0 Å². The highest BCUT2D eigenvalue weighted by Gasteiger charge is 2.13. The predicted molar refractivity (Wildman–Crippen MR) is 90.9 cm³/mol. The number of carbonyl (C=O) groups is 1. The SMILES string of the molecule is Cc1c(Br)cccc1C(=O)Nc1nc2ccc(N)cc2s1. The molecule has 3 N–H and O–H groups in total. The number of amides is 1. The Kier molecular flexibility index (Phi) is 3.65. The van der Waals surface area contributed by atoms with E-state index in [1.807, 2.05) is 31.2 Å². The molecule has 0 aliphatic carbocycles. The lowest BCUT2D eigenvalue weighted by Gasteiger charge is -2.06. The zero-order valence-electron chi connectivity index (χ0n) is 11.2. The molecule has 3 rings (SSSR count). The van der Waals surface area contributed by atoms with E-state index in [-0.39, 0.29) is 5.91 Å². The van der Waals surface area contributed by atoms with Gasteiger partial charge in [-0.1, -0.05) is 33.3 Å². The van der Waals surface area contributed by atoms with Gasteiger partial charge in [0.15, 0.2) is 5.13 Å². The third-order valence-corrected chi connectivity index (χ3v) is 4.94. The Morgan fingerprint density at radius 3 is 2.95 bits per heavy atom. The number of hydrogen-bond donors (Lipinski definition) is 2. The number of anilines is 2. The van der Waals surface area contributed by atoms with Crippen molar-refractivity contribution >= 4 is 54.2 Å². The zero-order chi connectivity index (χ0) is 15.0. The molecule has 0 atom stereocenters. The average Bonchev–Trinajstić information content (AvgIpc) is 2.83. The summed E-state index contributed by atoms with van der Waals surface area (Å²) in [5.74, 6) is -0.166. The van der Waals surface area contributed by atoms with Gasteiger partial charge < -0.3 is 5.73 Å². The van der Waals surface area contributed by atoms with Gasteiger partial charge in [-0.05, 0) is 42.8 Å². The molecule has 21 heavy (non-hydrogen) atoms. The van der Waals surface area contributed by atoms with Gasteiger partial charge in [0.05, 0.1) is 10.2 Å². The number of nitrogens with one attached hydrogen (secondary N) is 1. The Bertz CT molecular complexity index is 844. The summed E-state index contributed by atoms with van der Waals surface area (Å²) < 4.78 is 1.86. The Labute approximate surface area is 134 Å². The summed E-state index contributed by atoms with van der Waals surface area (Å²) in [6, 6.07) is 11.0. The molecule has 1 amide bonds. The van der Waals surface area contributed by atoms with Gasteiger partial charge in [-0.3, -0.25) is 10.1 Å². The van der Waals surface area contributed by atoms with Crippen LogP contribution in [0.15, 0.2) is 40.9 Å². The van der Waals surface area contributed by atoms with Crippen LogP contribution in [-0.2, 0) is 0 Å². The van der Waals surface area contributed by atoms with E-state index in [0.29, 0.717) is 16.4 Å². The second kappa shape index (κ2) is 5.46. The molecule has 1 aromatic heterocycles. The molecule has 0 aliphatic rings. The average molecular weight is 362 g/mol. The number of hydrogen-bond acceptors (Lipinski definition) is 4. The van der Waals surface area contributed by atoms with Crippen LogP contribution in [0, 0.1) is 6.92 Å². The first-order valence-corrected chi connectivity index (χ1v) is 7.88. The van der Waals surface area contributed by atoms with Gasteiger partial charge in [-0.25, -0.2) is 4.98 Å². The second-order valence-corrected chi connectivity index (χ2v) is 6.50. The third-order valence-electron chi connectivity index (χ3n) is 3.15. The molecule has 0 saturated heterocycles. The number of rotatable bonds is 2. The summed E-state index contributed by atoms with van der Waals surface area (Å²) in [5, 5.41) is 3.41. The number of halogens is 1. The van der Waals surface area contributed by atoms with Crippen LogP contribution in [0.25, 0.3) is 10.2 Å². The van der Waals surface area contributed by atoms with Gasteiger partial charge >= 0.3 is 0 Å². The largest absolute Gasteiger partial charge is 0.399 e. The molecular weight excluding hydrogens is 350 g/mol. The van der Waals surface area contributed by atoms with Crippen molar-refractivity contribution < 1.29 is 4.79 Å². The van der Waals surface area contributed by atoms with Gasteiger partial charge in [-0.15, -0.1) is 0 Å². The van der Waals surface area contributed by atoms with Crippen LogP contribution in [0.2, 0.25) is 0 Å². The number of fused-ring (bicyclic) bond motifs is 1. The van der Waals surface area contributed by atoms with Gasteiger partial charge in [-0.2, -0.15) is 0 Å². The Balaban J connectivity index is 1.91. The monoisotopic (exact) mass is 361 g/mol. The maximum Gasteiger partial charge on any atom is 0.257 e. The first-order valence-electron chi connectivity index (χ1n) is 6.27. The molecule has 0 unspecified atom stereocenters. The number of nitrogen functional groups attached to an aromatic ring is 1. The van der Waals surface area contributed by atoms with Crippen LogP contribution in [0.4, 0.5) is 10.8 Å². The highest BCUT2D eigenvalue weighted by Crippen LogP contribution is 2.28. The summed E-state index contributed by atoms with van der Waals surface area (Å²) in [6.45, 7) is 1.90. The molecule has 2 aromatic carbocycles. The van der Waals surface area contributed by atoms with Crippen molar-refractivity contribution in [2.24, 2.45) is 0 Å². The molecule has 0 spiro atoms. The molecule has 0 saturated carbocycles. The fourth-order valence-corrected chi connectivity index (χ4v) is 3.29. The minimum atomic E-state index is -0.166. The molecule has 6 heteroatoms. The van der Waals surface area contributed by atoms with Crippen molar-refractivity contribution in [2.75, 3.05) is 11.1 Å². The smallest absolute Gasteiger partial charge is 0.257 e. The third kappa shape index (κ3) is 2.77. The molecule has 4 nitrogen and oxygen atoms in total. The minimum absolute atomic E-state index is 0.166. The molecule has 0 radical (unpaired) electrons. The van der Waals surface area contributed by atoms with E-state index in [1.54, 1.807) is 12.1 Å². The van der Waals surface area contributed by atoms with Crippen LogP contribution in [0.5, 0.6) is 0 Å². The highest BCUT2D eigenvalue weighted by atomic mass is 79.9. The van der Waals surface area contributed by atoms with Crippen molar-refractivity contribution in [3.8, 4) is 0 Å². The van der Waals surface area contributed by atoms with Gasteiger partial charge in [0.1, 0.15) is 0 Å². The maximum absolute atomic E-state index is 12.3. The van der Waals surface area contributed by atoms with E-state index in [4.69, 9.17) is 5.73 Å². The van der Waals surface area contributed by atoms with Gasteiger partial charge in [0.25, 0.3) is 5.91 Å². The Hall–Kier alpha value is -1.92. The van der Waals surface area contributed by atoms with E-state index in [2.05, 4.69) is 26.2 Å². The predicted octanol–water partition coefficient (Wildman–Crippen LogP) is 4.20. The molecule has 3 aromatic rings. The summed E-state index contributed by atoms with van der Waals surface area (Å²) in [4.78, 5) is 16.7. The van der Waals surface area contributed by atoms with Crippen LogP contribution in [0.3, 0.4) is 0 Å². The van der Waals surface area contributed by atoms with Crippen molar-refractivity contribution in [3.63, 3.8) is 0 Å². The fraction of sp³-hybridized carbons (Fsp3) is 0.0667. The number of aromatic nitrogens is 1. The first-order chi connectivity index (χ1) is 10.0. The minimum Gasteiger partial charge on any atom is -0.399 e. The number of benzene rings is 2. The Morgan fingerprint density at radius 2 is 2.14 bits per heavy atom. The second-order valence-electron chi connectivity index (χ2n) is 4.61. The van der Waals surface area contributed by atoms with Crippen LogP contribution >= 0.6 is 27.3 Å². The summed E-state index contributed by atoms with van der Waals surface area (Å²) >= 11 is 4.84. The Morgan fingerprint density at radius 1 is 1.33 bits per heavy atom. The lowest BCUT2D eigenvalue weighted by atomic mass is 10.1. The van der Waals surface area contributed by atoms with Crippen molar-refractivity contribution in [1.82, 2.24) is 4.98 Å². The van der Waals surface area contributed by atoms with E-state index >= 15 is 0 Å². The van der Waals surface area contributed by atoms with Crippen LogP contribution in [-0.4, -0.2) is 10.9 Å². The molecule has 0 bridgehead atoms. The van der Waals surface area contributed by atoms with Gasteiger partial charge in [0, 0.05) is 15.7 Å². The normalized spacial score (nSPS) is 10.8. The maximum atomic E-state index is 12.3. The van der Waals surface area contributed by atoms with Crippen LogP contribution in [0.1, 0.15) is 15.9 Å². The molecular formula is C15H12BrN3OS. The number of nitrogens with zero attached hydrogens (tertiary/aromatic N) is 1. The van der Waals surface area contributed by atoms with Crippen molar-refractivity contribution in [2.45, 2.75) is 6.92 Å².